The molecule has 0 radical (unpaired) electrons. The number of carbonyl (C=O) groups is 3. The molecule has 0 saturated heterocycles. The van der Waals surface area contributed by atoms with Gasteiger partial charge in [-0.05, 0) is 44.0 Å². The van der Waals surface area contributed by atoms with Crippen molar-refractivity contribution in [2.75, 3.05) is 0 Å². The maximum atomic E-state index is 12.5. The predicted octanol–water partition coefficient (Wildman–Crippen LogP) is 3.24. The van der Waals surface area contributed by atoms with Crippen LogP contribution in [0.15, 0.2) is 24.3 Å². The quantitative estimate of drug-likeness (QED) is 0.634. The lowest BCUT2D eigenvalue weighted by molar-refractivity contribution is -0.120. The van der Waals surface area contributed by atoms with Gasteiger partial charge in [0.2, 0.25) is 5.24 Å². The Bertz CT molecular complexity index is 599. The average molecular weight is 308 g/mol. The second-order valence-electron chi connectivity index (χ2n) is 6.64. The number of carbonyl (C=O) groups excluding carboxylic acids is 3. The zero-order valence-corrected chi connectivity index (χ0v) is 13.3. The van der Waals surface area contributed by atoms with E-state index in [0.29, 0.717) is 17.5 Å². The number of halogens is 1. The molecule has 1 heterocycles. The van der Waals surface area contributed by atoms with Gasteiger partial charge in [0.05, 0.1) is 11.1 Å². The molecular weight excluding hydrogens is 290 g/mol. The summed E-state index contributed by atoms with van der Waals surface area (Å²) in [5, 5.41) is -0.479. The van der Waals surface area contributed by atoms with Crippen molar-refractivity contribution in [1.29, 1.82) is 0 Å². The summed E-state index contributed by atoms with van der Waals surface area (Å²) in [6, 6.07) is 6.74. The molecule has 5 heteroatoms. The Morgan fingerprint density at radius 1 is 1.05 bits per heavy atom. The zero-order chi connectivity index (χ0) is 16.0. The molecule has 112 valence electrons. The van der Waals surface area contributed by atoms with E-state index in [0.717, 1.165) is 0 Å². The molecule has 0 N–H and O–H groups in total. The highest BCUT2D eigenvalue weighted by molar-refractivity contribution is 6.64. The number of nitrogens with zero attached hydrogens (tertiary/aromatic N) is 1. The standard InChI is InChI=1S/C16H18ClNO3/c1-15(2,14(17)21)9-16(3,4)18-12(19)10-7-5-6-8-11(10)13(18)20/h5-8H,9H2,1-4H3. The van der Waals surface area contributed by atoms with E-state index < -0.39 is 16.2 Å². The van der Waals surface area contributed by atoms with E-state index in [1.807, 2.05) is 0 Å². The molecule has 2 rings (SSSR count). The molecule has 0 aromatic heterocycles. The van der Waals surface area contributed by atoms with E-state index in [9.17, 15) is 14.4 Å². The summed E-state index contributed by atoms with van der Waals surface area (Å²) in [7, 11) is 0. The first-order chi connectivity index (χ1) is 9.58. The summed E-state index contributed by atoms with van der Waals surface area (Å²) in [5.74, 6) is -0.642. The Labute approximate surface area is 129 Å². The predicted molar refractivity (Wildman–Crippen MR) is 80.3 cm³/mol. The highest BCUT2D eigenvalue weighted by atomic mass is 35.5. The first-order valence-electron chi connectivity index (χ1n) is 6.76. The lowest BCUT2D eigenvalue weighted by Gasteiger charge is -2.38. The van der Waals surface area contributed by atoms with Gasteiger partial charge in [-0.25, -0.2) is 0 Å². The first kappa shape index (κ1) is 15.7. The molecule has 0 unspecified atom stereocenters. The van der Waals surface area contributed by atoms with Gasteiger partial charge in [0, 0.05) is 11.0 Å². The van der Waals surface area contributed by atoms with Crippen molar-refractivity contribution in [3.8, 4) is 0 Å². The van der Waals surface area contributed by atoms with Gasteiger partial charge in [0.15, 0.2) is 0 Å². The minimum Gasteiger partial charge on any atom is -0.281 e. The summed E-state index contributed by atoms with van der Waals surface area (Å²) >= 11 is 5.62. The molecule has 0 fully saturated rings. The number of amides is 2. The van der Waals surface area contributed by atoms with E-state index in [1.54, 1.807) is 52.0 Å². The number of hydrogen-bond acceptors (Lipinski definition) is 3. The van der Waals surface area contributed by atoms with Gasteiger partial charge in [-0.1, -0.05) is 26.0 Å². The average Bonchev–Trinajstić information content (AvgIpc) is 2.61. The summed E-state index contributed by atoms with van der Waals surface area (Å²) in [6.07, 6.45) is 0.299. The molecule has 0 saturated carbocycles. The van der Waals surface area contributed by atoms with Gasteiger partial charge in [0.1, 0.15) is 0 Å². The van der Waals surface area contributed by atoms with Crippen molar-refractivity contribution in [2.24, 2.45) is 5.41 Å². The van der Waals surface area contributed by atoms with Crippen LogP contribution in [-0.2, 0) is 4.79 Å². The van der Waals surface area contributed by atoms with Crippen molar-refractivity contribution in [1.82, 2.24) is 4.90 Å². The van der Waals surface area contributed by atoms with Crippen molar-refractivity contribution >= 4 is 28.7 Å². The third-order valence-electron chi connectivity index (χ3n) is 3.81. The van der Waals surface area contributed by atoms with Crippen LogP contribution in [0.4, 0.5) is 0 Å². The van der Waals surface area contributed by atoms with Gasteiger partial charge >= 0.3 is 0 Å². The lowest BCUT2D eigenvalue weighted by Crippen LogP contribution is -2.50. The Hall–Kier alpha value is -1.68. The van der Waals surface area contributed by atoms with E-state index in [1.165, 1.54) is 4.90 Å². The number of fused-ring (bicyclic) bond motifs is 1. The Morgan fingerprint density at radius 2 is 1.48 bits per heavy atom. The smallest absolute Gasteiger partial charge is 0.262 e. The fraction of sp³-hybridized carbons (Fsp3) is 0.438. The van der Waals surface area contributed by atoms with Crippen LogP contribution in [0.5, 0.6) is 0 Å². The third-order valence-corrected chi connectivity index (χ3v) is 4.32. The fourth-order valence-corrected chi connectivity index (χ4v) is 3.04. The summed E-state index contributed by atoms with van der Waals surface area (Å²) in [6.45, 7) is 6.97. The molecule has 0 aliphatic carbocycles. The van der Waals surface area contributed by atoms with Crippen LogP contribution < -0.4 is 0 Å². The van der Waals surface area contributed by atoms with Gasteiger partial charge in [-0.3, -0.25) is 19.3 Å². The van der Waals surface area contributed by atoms with Crippen LogP contribution in [0.25, 0.3) is 0 Å². The molecule has 1 aliphatic rings. The summed E-state index contributed by atoms with van der Waals surface area (Å²) in [4.78, 5) is 37.7. The lowest BCUT2D eigenvalue weighted by atomic mass is 9.80. The number of imide groups is 1. The molecule has 1 aliphatic heterocycles. The highest BCUT2D eigenvalue weighted by Gasteiger charge is 2.46. The second kappa shape index (κ2) is 4.95. The molecule has 1 aromatic carbocycles. The molecule has 4 nitrogen and oxygen atoms in total. The Balaban J connectivity index is 2.37. The number of benzene rings is 1. The number of hydrogen-bond donors (Lipinski definition) is 0. The third kappa shape index (κ3) is 2.60. The van der Waals surface area contributed by atoms with Crippen LogP contribution in [0.3, 0.4) is 0 Å². The van der Waals surface area contributed by atoms with Gasteiger partial charge in [-0.2, -0.15) is 0 Å². The fourth-order valence-electron chi connectivity index (χ4n) is 2.97. The monoisotopic (exact) mass is 307 g/mol. The molecule has 2 amide bonds. The van der Waals surface area contributed by atoms with Crippen LogP contribution in [-0.4, -0.2) is 27.5 Å². The minimum atomic E-state index is -0.819. The molecular formula is C16H18ClNO3. The zero-order valence-electron chi connectivity index (χ0n) is 12.6. The van der Waals surface area contributed by atoms with Crippen molar-refractivity contribution in [2.45, 2.75) is 39.7 Å². The molecule has 0 bridgehead atoms. The summed E-state index contributed by atoms with van der Waals surface area (Å²) < 4.78 is 0. The van der Waals surface area contributed by atoms with Crippen molar-refractivity contribution in [3.63, 3.8) is 0 Å². The molecule has 0 atom stereocenters. The van der Waals surface area contributed by atoms with Crippen LogP contribution in [0.1, 0.15) is 54.8 Å². The SMILES string of the molecule is CC(C)(CC(C)(C)N1C(=O)c2ccccc2C1=O)C(=O)Cl. The molecule has 21 heavy (non-hydrogen) atoms. The van der Waals surface area contributed by atoms with E-state index in [-0.39, 0.29) is 11.8 Å². The van der Waals surface area contributed by atoms with Crippen LogP contribution in [0.2, 0.25) is 0 Å². The minimum absolute atomic E-state index is 0.299. The second-order valence-corrected chi connectivity index (χ2v) is 6.98. The topological polar surface area (TPSA) is 54.5 Å². The van der Waals surface area contributed by atoms with Crippen molar-refractivity contribution < 1.29 is 14.4 Å². The van der Waals surface area contributed by atoms with E-state index in [2.05, 4.69) is 0 Å². The normalized spacial score (nSPS) is 15.4. The molecule has 0 spiro atoms. The first-order valence-corrected chi connectivity index (χ1v) is 7.13. The summed E-state index contributed by atoms with van der Waals surface area (Å²) in [5.41, 5.74) is -0.807. The van der Waals surface area contributed by atoms with Gasteiger partial charge < -0.3 is 0 Å². The van der Waals surface area contributed by atoms with Crippen LogP contribution >= 0.6 is 11.6 Å². The highest BCUT2D eigenvalue weighted by Crippen LogP contribution is 2.37. The van der Waals surface area contributed by atoms with Crippen molar-refractivity contribution in [3.05, 3.63) is 35.4 Å². The van der Waals surface area contributed by atoms with Gasteiger partial charge in [0.25, 0.3) is 11.8 Å². The number of rotatable bonds is 4. The van der Waals surface area contributed by atoms with Crippen LogP contribution in [0, 0.1) is 5.41 Å². The van der Waals surface area contributed by atoms with Gasteiger partial charge in [-0.15, -0.1) is 0 Å². The Kier molecular flexibility index (Phi) is 3.70. The van der Waals surface area contributed by atoms with E-state index in [4.69, 9.17) is 11.6 Å². The Morgan fingerprint density at radius 3 is 1.86 bits per heavy atom. The molecule has 1 aromatic rings. The largest absolute Gasteiger partial charge is 0.281 e. The van der Waals surface area contributed by atoms with E-state index >= 15 is 0 Å². The maximum Gasteiger partial charge on any atom is 0.262 e. The maximum absolute atomic E-state index is 12.5.